The number of hydrogen-bond acceptors (Lipinski definition) is 4. The Morgan fingerprint density at radius 2 is 1.89 bits per heavy atom. The van der Waals surface area contributed by atoms with Gasteiger partial charge < -0.3 is 9.53 Å². The van der Waals surface area contributed by atoms with Gasteiger partial charge in [-0.3, -0.25) is 4.79 Å². The van der Waals surface area contributed by atoms with Gasteiger partial charge in [0.15, 0.2) is 0 Å². The second kappa shape index (κ2) is 12.4. The molecule has 3 nitrogen and oxygen atoms in total. The summed E-state index contributed by atoms with van der Waals surface area (Å²) in [5.74, 6) is 2.03. The van der Waals surface area contributed by atoms with Crippen molar-refractivity contribution in [1.82, 2.24) is 0 Å². The van der Waals surface area contributed by atoms with Crippen LogP contribution in [0.4, 0.5) is 0 Å². The van der Waals surface area contributed by atoms with Crippen LogP contribution in [0.2, 0.25) is 0 Å². The predicted molar refractivity (Wildman–Crippen MR) is 119 cm³/mol. The molecule has 0 saturated heterocycles. The van der Waals surface area contributed by atoms with Crippen LogP contribution in [-0.2, 0) is 14.3 Å². The Morgan fingerprint density at radius 1 is 1.14 bits per heavy atom. The van der Waals surface area contributed by atoms with Crippen LogP contribution in [0.25, 0.3) is 0 Å². The standard InChI is InChI=1S/C24H42O3S/c1-4-6-14-24(5-2,15-16-25)18-28-22-17-20(27-3)12-13-21(22)23(26)19-10-8-7-9-11-19/h16,19-22H,4-15,17-18H2,1-3H3. The van der Waals surface area contributed by atoms with E-state index in [1.165, 1.54) is 32.1 Å². The van der Waals surface area contributed by atoms with Crippen molar-refractivity contribution >= 4 is 23.8 Å². The van der Waals surface area contributed by atoms with Crippen LogP contribution >= 0.6 is 11.8 Å². The first-order valence-electron chi connectivity index (χ1n) is 11.7. The highest BCUT2D eigenvalue weighted by atomic mass is 32.2. The van der Waals surface area contributed by atoms with E-state index in [0.717, 1.165) is 57.0 Å². The first-order chi connectivity index (χ1) is 13.6. The van der Waals surface area contributed by atoms with Gasteiger partial charge in [-0.1, -0.05) is 46.0 Å². The largest absolute Gasteiger partial charge is 0.381 e. The fourth-order valence-electron chi connectivity index (χ4n) is 5.17. The van der Waals surface area contributed by atoms with Crippen LogP contribution in [0.5, 0.6) is 0 Å². The van der Waals surface area contributed by atoms with E-state index in [1.54, 1.807) is 7.11 Å². The molecule has 0 bridgehead atoms. The summed E-state index contributed by atoms with van der Waals surface area (Å²) >= 11 is 1.98. The van der Waals surface area contributed by atoms with Crippen molar-refractivity contribution in [2.45, 2.75) is 109 Å². The van der Waals surface area contributed by atoms with Gasteiger partial charge in [-0.05, 0) is 56.1 Å². The molecule has 2 fully saturated rings. The van der Waals surface area contributed by atoms with Crippen LogP contribution < -0.4 is 0 Å². The number of methoxy groups -OCH3 is 1. The number of ether oxygens (including phenoxy) is 1. The minimum absolute atomic E-state index is 0.0981. The molecule has 2 aliphatic carbocycles. The van der Waals surface area contributed by atoms with Crippen LogP contribution in [0.15, 0.2) is 0 Å². The average Bonchev–Trinajstić information content (AvgIpc) is 2.75. The van der Waals surface area contributed by atoms with Crippen LogP contribution in [0, 0.1) is 17.3 Å². The molecule has 2 aliphatic rings. The van der Waals surface area contributed by atoms with Crippen molar-refractivity contribution in [3.8, 4) is 0 Å². The third-order valence-corrected chi connectivity index (χ3v) is 9.11. The van der Waals surface area contributed by atoms with Crippen molar-refractivity contribution in [1.29, 1.82) is 0 Å². The Bertz CT molecular complexity index is 474. The normalized spacial score (nSPS) is 28.6. The molecule has 0 aliphatic heterocycles. The Labute approximate surface area is 177 Å². The molecular formula is C24H42O3S. The summed E-state index contributed by atoms with van der Waals surface area (Å²) < 4.78 is 5.68. The molecule has 0 aromatic carbocycles. The van der Waals surface area contributed by atoms with E-state index < -0.39 is 0 Å². The number of rotatable bonds is 12. The molecule has 28 heavy (non-hydrogen) atoms. The Balaban J connectivity index is 2.07. The number of carbonyl (C=O) groups excluding carboxylic acids is 2. The van der Waals surface area contributed by atoms with Gasteiger partial charge in [0, 0.05) is 30.6 Å². The zero-order valence-electron chi connectivity index (χ0n) is 18.4. The molecular weight excluding hydrogens is 368 g/mol. The maximum Gasteiger partial charge on any atom is 0.140 e. The van der Waals surface area contributed by atoms with Gasteiger partial charge in [0.05, 0.1) is 6.10 Å². The first kappa shape index (κ1) is 23.9. The van der Waals surface area contributed by atoms with E-state index in [0.29, 0.717) is 23.4 Å². The number of ketones is 1. The molecule has 0 radical (unpaired) electrons. The van der Waals surface area contributed by atoms with Gasteiger partial charge >= 0.3 is 0 Å². The monoisotopic (exact) mass is 410 g/mol. The molecule has 2 saturated carbocycles. The van der Waals surface area contributed by atoms with Crippen molar-refractivity contribution < 1.29 is 14.3 Å². The molecule has 4 heteroatoms. The zero-order valence-corrected chi connectivity index (χ0v) is 19.2. The smallest absolute Gasteiger partial charge is 0.140 e. The summed E-state index contributed by atoms with van der Waals surface area (Å²) in [6.07, 6.45) is 15.5. The van der Waals surface area contributed by atoms with E-state index in [4.69, 9.17) is 4.74 Å². The highest BCUT2D eigenvalue weighted by Crippen LogP contribution is 2.43. The number of Topliss-reactive ketones (excluding diaryl/α,β-unsaturated/α-hetero) is 1. The lowest BCUT2D eigenvalue weighted by Crippen LogP contribution is -2.40. The minimum atomic E-state index is 0.0981. The minimum Gasteiger partial charge on any atom is -0.381 e. The van der Waals surface area contributed by atoms with Gasteiger partial charge in [0.2, 0.25) is 0 Å². The SMILES string of the molecule is CCCCC(CC)(CC=O)CSC1CC(OC)CCC1C(=O)C1CCCCC1. The zero-order chi connectivity index (χ0) is 20.4. The van der Waals surface area contributed by atoms with Gasteiger partial charge in [0.1, 0.15) is 12.1 Å². The van der Waals surface area contributed by atoms with Gasteiger partial charge in [0.25, 0.3) is 0 Å². The molecule has 0 amide bonds. The summed E-state index contributed by atoms with van der Waals surface area (Å²) in [6, 6.07) is 0. The van der Waals surface area contributed by atoms with Crippen molar-refractivity contribution in [3.05, 3.63) is 0 Å². The number of unbranched alkanes of at least 4 members (excludes halogenated alkanes) is 1. The number of thioether (sulfide) groups is 1. The van der Waals surface area contributed by atoms with E-state index in [9.17, 15) is 9.59 Å². The topological polar surface area (TPSA) is 43.4 Å². The molecule has 2 rings (SSSR count). The lowest BCUT2D eigenvalue weighted by Gasteiger charge is -2.39. The third kappa shape index (κ3) is 6.58. The Morgan fingerprint density at radius 3 is 2.50 bits per heavy atom. The lowest BCUT2D eigenvalue weighted by atomic mass is 9.75. The number of hydrogen-bond donors (Lipinski definition) is 0. The quantitative estimate of drug-likeness (QED) is 0.358. The fourth-order valence-corrected chi connectivity index (χ4v) is 7.06. The maximum absolute atomic E-state index is 13.3. The van der Waals surface area contributed by atoms with E-state index in [2.05, 4.69) is 13.8 Å². The van der Waals surface area contributed by atoms with Crippen molar-refractivity contribution in [3.63, 3.8) is 0 Å². The molecule has 162 valence electrons. The van der Waals surface area contributed by atoms with Crippen LogP contribution in [0.1, 0.15) is 97.3 Å². The Kier molecular flexibility index (Phi) is 10.6. The van der Waals surface area contributed by atoms with Gasteiger partial charge in [-0.2, -0.15) is 11.8 Å². The number of aldehydes is 1. The molecule has 4 unspecified atom stereocenters. The van der Waals surface area contributed by atoms with E-state index in [-0.39, 0.29) is 17.4 Å². The van der Waals surface area contributed by atoms with E-state index >= 15 is 0 Å². The fraction of sp³-hybridized carbons (Fsp3) is 0.917. The predicted octanol–water partition coefficient (Wildman–Crippen LogP) is 6.23. The molecule has 0 aromatic heterocycles. The molecule has 4 atom stereocenters. The summed E-state index contributed by atoms with van der Waals surface area (Å²) in [6.45, 7) is 4.45. The van der Waals surface area contributed by atoms with Crippen LogP contribution in [0.3, 0.4) is 0 Å². The summed E-state index contributed by atoms with van der Waals surface area (Å²) in [5, 5.41) is 0.354. The first-order valence-corrected chi connectivity index (χ1v) is 12.8. The van der Waals surface area contributed by atoms with E-state index in [1.807, 2.05) is 11.8 Å². The average molecular weight is 411 g/mol. The highest BCUT2D eigenvalue weighted by Gasteiger charge is 2.39. The maximum atomic E-state index is 13.3. The summed E-state index contributed by atoms with van der Waals surface area (Å²) in [4.78, 5) is 24.7. The van der Waals surface area contributed by atoms with Gasteiger partial charge in [-0.25, -0.2) is 0 Å². The van der Waals surface area contributed by atoms with Gasteiger partial charge in [-0.15, -0.1) is 0 Å². The summed E-state index contributed by atoms with van der Waals surface area (Å²) in [5.41, 5.74) is 0.0981. The lowest BCUT2D eigenvalue weighted by molar-refractivity contribution is -0.129. The molecule has 0 N–H and O–H groups in total. The molecule has 0 spiro atoms. The van der Waals surface area contributed by atoms with Crippen molar-refractivity contribution in [2.75, 3.05) is 12.9 Å². The second-order valence-electron chi connectivity index (χ2n) is 9.19. The third-order valence-electron chi connectivity index (χ3n) is 7.38. The Hall–Kier alpha value is -0.350. The molecule has 0 heterocycles. The highest BCUT2D eigenvalue weighted by molar-refractivity contribution is 8.00. The van der Waals surface area contributed by atoms with Crippen LogP contribution in [-0.4, -0.2) is 36.3 Å². The van der Waals surface area contributed by atoms with Crippen molar-refractivity contribution in [2.24, 2.45) is 17.3 Å². The second-order valence-corrected chi connectivity index (χ2v) is 10.4. The molecule has 0 aromatic rings. The number of carbonyl (C=O) groups is 2. The summed E-state index contributed by atoms with van der Waals surface area (Å²) in [7, 11) is 1.81.